The molecular weight excluding hydrogens is 270 g/mol. The molecule has 110 valence electrons. The fourth-order valence-corrected chi connectivity index (χ4v) is 1.75. The molecule has 0 spiro atoms. The first-order valence-corrected chi connectivity index (χ1v) is 6.72. The molecule has 2 aromatic rings. The van der Waals surface area contributed by atoms with Gasteiger partial charge < -0.3 is 9.47 Å². The lowest BCUT2D eigenvalue weighted by molar-refractivity contribution is 0.0521. The summed E-state index contributed by atoms with van der Waals surface area (Å²) in [5, 5.41) is 0. The number of carbonyl (C=O) groups excluding carboxylic acids is 1. The van der Waals surface area contributed by atoms with Gasteiger partial charge in [-0.3, -0.25) is 4.57 Å². The highest BCUT2D eigenvalue weighted by Gasteiger charge is 2.19. The van der Waals surface area contributed by atoms with Gasteiger partial charge in [0, 0.05) is 5.69 Å². The molecule has 1 aromatic carbocycles. The predicted octanol–water partition coefficient (Wildman–Crippen LogP) is 2.75. The van der Waals surface area contributed by atoms with E-state index in [1.54, 1.807) is 17.8 Å². The molecule has 1 heterocycles. The molecular formula is C15H17N3O3. The summed E-state index contributed by atoms with van der Waals surface area (Å²) >= 11 is 0. The van der Waals surface area contributed by atoms with Gasteiger partial charge in [0.1, 0.15) is 6.33 Å². The summed E-state index contributed by atoms with van der Waals surface area (Å²) in [5.74, 6) is -0.121. The van der Waals surface area contributed by atoms with E-state index in [-0.39, 0.29) is 12.3 Å². The summed E-state index contributed by atoms with van der Waals surface area (Å²) in [6.45, 7) is 4.38. The minimum Gasteiger partial charge on any atom is -0.483 e. The summed E-state index contributed by atoms with van der Waals surface area (Å²) in [6, 6.07) is 9.51. The van der Waals surface area contributed by atoms with E-state index in [1.165, 1.54) is 6.40 Å². The molecule has 0 aliphatic carbocycles. The molecule has 2 rings (SSSR count). The van der Waals surface area contributed by atoms with Gasteiger partial charge in [-0.1, -0.05) is 18.2 Å². The Hall–Kier alpha value is -2.63. The highest BCUT2D eigenvalue weighted by molar-refractivity contribution is 5.92. The van der Waals surface area contributed by atoms with Crippen LogP contribution in [0.2, 0.25) is 0 Å². The summed E-state index contributed by atoms with van der Waals surface area (Å²) in [5.41, 5.74) is 1.01. The standard InChI is InChI=1S/C15H17N3O3/c1-3-20-11-17-14-13(15(19)21-4-2)16-10-18(14)12-8-6-5-7-9-12/h5-11H,3-4H2,1-2H3. The van der Waals surface area contributed by atoms with E-state index in [4.69, 9.17) is 9.47 Å². The number of hydrogen-bond acceptors (Lipinski definition) is 5. The number of carbonyl (C=O) groups is 1. The third-order valence-corrected chi connectivity index (χ3v) is 2.66. The fraction of sp³-hybridized carbons (Fsp3) is 0.267. The number of ether oxygens (including phenoxy) is 2. The number of esters is 1. The number of rotatable bonds is 6. The van der Waals surface area contributed by atoms with Crippen molar-refractivity contribution < 1.29 is 14.3 Å². The van der Waals surface area contributed by atoms with Crippen molar-refractivity contribution in [2.24, 2.45) is 4.99 Å². The van der Waals surface area contributed by atoms with Gasteiger partial charge in [-0.05, 0) is 26.0 Å². The maximum absolute atomic E-state index is 11.9. The second kappa shape index (κ2) is 7.23. The Morgan fingerprint density at radius 3 is 2.71 bits per heavy atom. The largest absolute Gasteiger partial charge is 0.483 e. The third kappa shape index (κ3) is 3.47. The summed E-state index contributed by atoms with van der Waals surface area (Å²) < 4.78 is 11.8. The maximum Gasteiger partial charge on any atom is 0.360 e. The molecule has 6 heteroatoms. The van der Waals surface area contributed by atoms with Gasteiger partial charge in [0.2, 0.25) is 0 Å². The van der Waals surface area contributed by atoms with Crippen LogP contribution in [0, 0.1) is 0 Å². The molecule has 0 aliphatic rings. The summed E-state index contributed by atoms with van der Waals surface area (Å²) in [4.78, 5) is 20.2. The Bertz CT molecular complexity index is 620. The van der Waals surface area contributed by atoms with Crippen LogP contribution >= 0.6 is 0 Å². The molecule has 0 fully saturated rings. The number of benzene rings is 1. The van der Waals surface area contributed by atoms with E-state index in [0.717, 1.165) is 5.69 Å². The monoisotopic (exact) mass is 287 g/mol. The van der Waals surface area contributed by atoms with Gasteiger partial charge in [-0.15, -0.1) is 0 Å². The van der Waals surface area contributed by atoms with E-state index in [0.29, 0.717) is 12.4 Å². The Kier molecular flexibility index (Phi) is 5.09. The van der Waals surface area contributed by atoms with Crippen molar-refractivity contribution >= 4 is 18.2 Å². The topological polar surface area (TPSA) is 65.7 Å². The summed E-state index contributed by atoms with van der Waals surface area (Å²) in [7, 11) is 0. The average Bonchev–Trinajstić information content (AvgIpc) is 2.93. The van der Waals surface area contributed by atoms with E-state index < -0.39 is 5.97 Å². The van der Waals surface area contributed by atoms with Crippen LogP contribution in [0.15, 0.2) is 41.7 Å². The van der Waals surface area contributed by atoms with Gasteiger partial charge in [-0.25, -0.2) is 9.78 Å². The molecule has 21 heavy (non-hydrogen) atoms. The molecule has 0 saturated heterocycles. The van der Waals surface area contributed by atoms with Crippen molar-refractivity contribution in [2.45, 2.75) is 13.8 Å². The number of imidazole rings is 1. The SMILES string of the molecule is CCOC=Nc1c(C(=O)OCC)ncn1-c1ccccc1. The quantitative estimate of drug-likeness (QED) is 0.465. The molecule has 0 N–H and O–H groups in total. The van der Waals surface area contributed by atoms with Crippen LogP contribution in [-0.2, 0) is 9.47 Å². The molecule has 0 saturated carbocycles. The van der Waals surface area contributed by atoms with Crippen LogP contribution in [0.5, 0.6) is 0 Å². The Morgan fingerprint density at radius 2 is 2.05 bits per heavy atom. The number of para-hydroxylation sites is 1. The van der Waals surface area contributed by atoms with Crippen molar-refractivity contribution in [3.05, 3.63) is 42.4 Å². The first kappa shape index (κ1) is 14.8. The van der Waals surface area contributed by atoms with E-state index in [2.05, 4.69) is 9.98 Å². The molecule has 0 unspecified atom stereocenters. The van der Waals surface area contributed by atoms with Gasteiger partial charge >= 0.3 is 5.97 Å². The predicted molar refractivity (Wildman–Crippen MR) is 79.3 cm³/mol. The lowest BCUT2D eigenvalue weighted by Crippen LogP contribution is -2.06. The number of aromatic nitrogens is 2. The first-order chi connectivity index (χ1) is 10.3. The lowest BCUT2D eigenvalue weighted by Gasteiger charge is -2.05. The van der Waals surface area contributed by atoms with Crippen LogP contribution in [0.1, 0.15) is 24.3 Å². The van der Waals surface area contributed by atoms with E-state index in [1.807, 2.05) is 37.3 Å². The van der Waals surface area contributed by atoms with Gasteiger partial charge in [-0.2, -0.15) is 4.99 Å². The normalized spacial score (nSPS) is 10.8. The molecule has 0 bridgehead atoms. The highest BCUT2D eigenvalue weighted by Crippen LogP contribution is 2.23. The van der Waals surface area contributed by atoms with Crippen LogP contribution < -0.4 is 0 Å². The van der Waals surface area contributed by atoms with Crippen molar-refractivity contribution in [3.8, 4) is 5.69 Å². The fourth-order valence-electron chi connectivity index (χ4n) is 1.75. The molecule has 1 aromatic heterocycles. The average molecular weight is 287 g/mol. The maximum atomic E-state index is 11.9. The Balaban J connectivity index is 2.43. The zero-order valence-electron chi connectivity index (χ0n) is 12.0. The molecule has 0 radical (unpaired) electrons. The minimum atomic E-state index is -0.504. The molecule has 6 nitrogen and oxygen atoms in total. The number of aliphatic imine (C=N–C) groups is 1. The molecule has 0 aliphatic heterocycles. The van der Waals surface area contributed by atoms with E-state index in [9.17, 15) is 4.79 Å². The van der Waals surface area contributed by atoms with Crippen LogP contribution in [0.4, 0.5) is 5.82 Å². The highest BCUT2D eigenvalue weighted by atomic mass is 16.5. The zero-order valence-corrected chi connectivity index (χ0v) is 12.0. The molecule has 0 atom stereocenters. The van der Waals surface area contributed by atoms with Crippen LogP contribution in [0.3, 0.4) is 0 Å². The number of hydrogen-bond donors (Lipinski definition) is 0. The van der Waals surface area contributed by atoms with Crippen LogP contribution in [0.25, 0.3) is 5.69 Å². The van der Waals surface area contributed by atoms with Gasteiger partial charge in [0.15, 0.2) is 17.9 Å². The van der Waals surface area contributed by atoms with E-state index >= 15 is 0 Å². The summed E-state index contributed by atoms with van der Waals surface area (Å²) in [6.07, 6.45) is 2.85. The van der Waals surface area contributed by atoms with Crippen molar-refractivity contribution in [1.82, 2.24) is 9.55 Å². The third-order valence-electron chi connectivity index (χ3n) is 2.66. The van der Waals surface area contributed by atoms with Crippen molar-refractivity contribution in [3.63, 3.8) is 0 Å². The van der Waals surface area contributed by atoms with Crippen molar-refractivity contribution in [1.29, 1.82) is 0 Å². The van der Waals surface area contributed by atoms with Crippen LogP contribution in [-0.4, -0.2) is 35.1 Å². The smallest absolute Gasteiger partial charge is 0.360 e. The minimum absolute atomic E-state index is 0.164. The Labute approximate surface area is 123 Å². The second-order valence-electron chi connectivity index (χ2n) is 4.03. The van der Waals surface area contributed by atoms with Crippen molar-refractivity contribution in [2.75, 3.05) is 13.2 Å². The Morgan fingerprint density at radius 1 is 1.29 bits per heavy atom. The zero-order chi connectivity index (χ0) is 15.1. The molecule has 0 amide bonds. The van der Waals surface area contributed by atoms with Gasteiger partial charge in [0.25, 0.3) is 0 Å². The lowest BCUT2D eigenvalue weighted by atomic mass is 10.3. The number of nitrogens with zero attached hydrogens (tertiary/aromatic N) is 3. The van der Waals surface area contributed by atoms with Gasteiger partial charge in [0.05, 0.1) is 13.2 Å². The first-order valence-electron chi connectivity index (χ1n) is 6.72. The second-order valence-corrected chi connectivity index (χ2v) is 4.03.